The first-order valence-corrected chi connectivity index (χ1v) is 7.11. The van der Waals surface area contributed by atoms with E-state index in [2.05, 4.69) is 10.2 Å². The topological polar surface area (TPSA) is 75.3 Å². The van der Waals surface area contributed by atoms with Crippen LogP contribution < -0.4 is 0 Å². The molecule has 0 amide bonds. The maximum Gasteiger partial charge on any atom is 0.217 e. The molecule has 96 valence electrons. The van der Waals surface area contributed by atoms with Crippen molar-refractivity contribution in [1.82, 2.24) is 14.5 Å². The number of aromatic nitrogens is 2. The second kappa shape index (κ2) is 5.16. The van der Waals surface area contributed by atoms with Crippen LogP contribution in [-0.2, 0) is 21.3 Å². The highest BCUT2D eigenvalue weighted by molar-refractivity contribution is 7.89. The average Bonchev–Trinajstić information content (AvgIpc) is 2.83. The molecule has 1 aromatic rings. The molecule has 0 spiro atoms. The van der Waals surface area contributed by atoms with Crippen LogP contribution in [0.5, 0.6) is 0 Å². The molecule has 1 aliphatic heterocycles. The van der Waals surface area contributed by atoms with Crippen LogP contribution >= 0.6 is 0 Å². The van der Waals surface area contributed by atoms with E-state index in [0.717, 1.165) is 5.56 Å². The fourth-order valence-electron chi connectivity index (χ4n) is 1.94. The van der Waals surface area contributed by atoms with Gasteiger partial charge >= 0.3 is 0 Å². The minimum absolute atomic E-state index is 0.312. The minimum Gasteiger partial charge on any atom is -0.381 e. The molecule has 2 heterocycles. The molecule has 0 aromatic carbocycles. The van der Waals surface area contributed by atoms with Gasteiger partial charge in [-0.1, -0.05) is 0 Å². The van der Waals surface area contributed by atoms with Crippen molar-refractivity contribution < 1.29 is 13.2 Å². The standard InChI is InChI=1S/C10H17N3O3S/c1-13(8-9-6-11-12-7-9)17(14,15)10-2-4-16-5-3-10/h6-7,10H,2-5,8H2,1H3,(H,11,12). The molecule has 2 rings (SSSR count). The Morgan fingerprint density at radius 2 is 2.24 bits per heavy atom. The number of hydrogen-bond acceptors (Lipinski definition) is 4. The summed E-state index contributed by atoms with van der Waals surface area (Å²) in [6, 6.07) is 0. The molecular formula is C10H17N3O3S. The van der Waals surface area contributed by atoms with Crippen molar-refractivity contribution >= 4 is 10.0 Å². The van der Waals surface area contributed by atoms with Crippen molar-refractivity contribution in [3.05, 3.63) is 18.0 Å². The van der Waals surface area contributed by atoms with Crippen molar-refractivity contribution in [3.8, 4) is 0 Å². The van der Waals surface area contributed by atoms with Gasteiger partial charge in [-0.2, -0.15) is 5.10 Å². The molecule has 0 atom stereocenters. The lowest BCUT2D eigenvalue weighted by molar-refractivity contribution is 0.0973. The molecule has 6 nitrogen and oxygen atoms in total. The second-order valence-corrected chi connectivity index (χ2v) is 6.54. The molecule has 1 aliphatic rings. The number of sulfonamides is 1. The van der Waals surface area contributed by atoms with Gasteiger partial charge in [0, 0.05) is 38.6 Å². The Morgan fingerprint density at radius 1 is 1.53 bits per heavy atom. The zero-order valence-electron chi connectivity index (χ0n) is 9.80. The number of nitrogens with zero attached hydrogens (tertiary/aromatic N) is 2. The maximum absolute atomic E-state index is 12.3. The third-order valence-electron chi connectivity index (χ3n) is 2.98. The lowest BCUT2D eigenvalue weighted by Crippen LogP contribution is -2.38. The van der Waals surface area contributed by atoms with Gasteiger partial charge in [-0.25, -0.2) is 12.7 Å². The first kappa shape index (κ1) is 12.5. The Bertz CT molecular complexity index is 437. The lowest BCUT2D eigenvalue weighted by Gasteiger charge is -2.26. The first-order valence-electron chi connectivity index (χ1n) is 5.61. The van der Waals surface area contributed by atoms with Gasteiger partial charge in [0.1, 0.15) is 0 Å². The van der Waals surface area contributed by atoms with Crippen molar-refractivity contribution in [2.24, 2.45) is 0 Å². The number of ether oxygens (including phenoxy) is 1. The number of nitrogens with one attached hydrogen (secondary N) is 1. The normalized spacial score (nSPS) is 18.7. The highest BCUT2D eigenvalue weighted by Gasteiger charge is 2.31. The molecule has 0 saturated carbocycles. The fraction of sp³-hybridized carbons (Fsp3) is 0.700. The van der Waals surface area contributed by atoms with Crippen LogP contribution in [0.15, 0.2) is 12.4 Å². The van der Waals surface area contributed by atoms with Gasteiger partial charge < -0.3 is 4.74 Å². The van der Waals surface area contributed by atoms with E-state index < -0.39 is 10.0 Å². The van der Waals surface area contributed by atoms with Gasteiger partial charge in [0.05, 0.1) is 11.4 Å². The Kier molecular flexibility index (Phi) is 3.80. The van der Waals surface area contributed by atoms with Gasteiger partial charge in [0.25, 0.3) is 0 Å². The van der Waals surface area contributed by atoms with Crippen molar-refractivity contribution in [2.75, 3.05) is 20.3 Å². The quantitative estimate of drug-likeness (QED) is 0.846. The van der Waals surface area contributed by atoms with Gasteiger partial charge in [0.15, 0.2) is 0 Å². The summed E-state index contributed by atoms with van der Waals surface area (Å²) in [5, 5.41) is 6.17. The maximum atomic E-state index is 12.3. The Balaban J connectivity index is 2.03. The van der Waals surface area contributed by atoms with E-state index in [9.17, 15) is 8.42 Å². The fourth-order valence-corrected chi connectivity index (χ4v) is 3.57. The number of H-pyrrole nitrogens is 1. The summed E-state index contributed by atoms with van der Waals surface area (Å²) in [6.07, 6.45) is 4.50. The van der Waals surface area contributed by atoms with E-state index in [0.29, 0.717) is 32.6 Å². The Hall–Kier alpha value is -0.920. The molecule has 1 aromatic heterocycles. The van der Waals surface area contributed by atoms with Gasteiger partial charge in [-0.15, -0.1) is 0 Å². The molecule has 17 heavy (non-hydrogen) atoms. The van der Waals surface area contributed by atoms with E-state index in [1.807, 2.05) is 0 Å². The molecule has 1 fully saturated rings. The third-order valence-corrected chi connectivity index (χ3v) is 5.30. The summed E-state index contributed by atoms with van der Waals surface area (Å²) >= 11 is 0. The highest BCUT2D eigenvalue weighted by atomic mass is 32.2. The van der Waals surface area contributed by atoms with Gasteiger partial charge in [-0.3, -0.25) is 5.10 Å². The number of aromatic amines is 1. The van der Waals surface area contributed by atoms with E-state index in [1.165, 1.54) is 4.31 Å². The van der Waals surface area contributed by atoms with Crippen molar-refractivity contribution in [1.29, 1.82) is 0 Å². The largest absolute Gasteiger partial charge is 0.381 e. The number of rotatable bonds is 4. The van der Waals surface area contributed by atoms with E-state index in [1.54, 1.807) is 19.4 Å². The first-order chi connectivity index (χ1) is 8.10. The van der Waals surface area contributed by atoms with E-state index in [4.69, 9.17) is 4.74 Å². The Labute approximate surface area is 101 Å². The summed E-state index contributed by atoms with van der Waals surface area (Å²) in [5.74, 6) is 0. The van der Waals surface area contributed by atoms with Crippen LogP contribution in [0.1, 0.15) is 18.4 Å². The molecule has 0 bridgehead atoms. The summed E-state index contributed by atoms with van der Waals surface area (Å²) in [7, 11) is -1.62. The molecular weight excluding hydrogens is 242 g/mol. The Morgan fingerprint density at radius 3 is 2.82 bits per heavy atom. The minimum atomic E-state index is -3.23. The van der Waals surface area contributed by atoms with Crippen LogP contribution in [0.2, 0.25) is 0 Å². The van der Waals surface area contributed by atoms with Crippen LogP contribution in [0.3, 0.4) is 0 Å². The van der Waals surface area contributed by atoms with Crippen LogP contribution in [0.4, 0.5) is 0 Å². The van der Waals surface area contributed by atoms with Crippen LogP contribution in [0.25, 0.3) is 0 Å². The van der Waals surface area contributed by atoms with Gasteiger partial charge in [0.2, 0.25) is 10.0 Å². The van der Waals surface area contributed by atoms with Crippen LogP contribution in [-0.4, -0.2) is 48.4 Å². The van der Waals surface area contributed by atoms with Crippen molar-refractivity contribution in [2.45, 2.75) is 24.6 Å². The summed E-state index contributed by atoms with van der Waals surface area (Å²) < 4.78 is 31.1. The molecule has 0 radical (unpaired) electrons. The third kappa shape index (κ3) is 2.85. The zero-order chi connectivity index (χ0) is 12.3. The molecule has 1 saturated heterocycles. The number of hydrogen-bond donors (Lipinski definition) is 1. The van der Waals surface area contributed by atoms with Gasteiger partial charge in [-0.05, 0) is 12.8 Å². The predicted molar refractivity (Wildman–Crippen MR) is 62.8 cm³/mol. The monoisotopic (exact) mass is 259 g/mol. The summed E-state index contributed by atoms with van der Waals surface area (Å²) in [5.41, 5.74) is 0.864. The zero-order valence-corrected chi connectivity index (χ0v) is 10.6. The molecule has 7 heteroatoms. The molecule has 1 N–H and O–H groups in total. The average molecular weight is 259 g/mol. The second-order valence-electron chi connectivity index (χ2n) is 4.22. The smallest absolute Gasteiger partial charge is 0.217 e. The van der Waals surface area contributed by atoms with E-state index in [-0.39, 0.29) is 5.25 Å². The van der Waals surface area contributed by atoms with Crippen LogP contribution in [0, 0.1) is 0 Å². The van der Waals surface area contributed by atoms with E-state index >= 15 is 0 Å². The predicted octanol–water partition coefficient (Wildman–Crippen LogP) is 0.350. The highest BCUT2D eigenvalue weighted by Crippen LogP contribution is 2.19. The molecule has 0 unspecified atom stereocenters. The van der Waals surface area contributed by atoms with Crippen molar-refractivity contribution in [3.63, 3.8) is 0 Å². The lowest BCUT2D eigenvalue weighted by atomic mass is 10.2. The summed E-state index contributed by atoms with van der Waals surface area (Å²) in [4.78, 5) is 0. The summed E-state index contributed by atoms with van der Waals surface area (Å²) in [6.45, 7) is 1.42. The SMILES string of the molecule is CN(Cc1cn[nH]c1)S(=O)(=O)C1CCOCC1. The molecule has 0 aliphatic carbocycles.